The Morgan fingerprint density at radius 1 is 1.04 bits per heavy atom. The summed E-state index contributed by atoms with van der Waals surface area (Å²) in [5, 5.41) is 2.81. The van der Waals surface area contributed by atoms with E-state index in [4.69, 9.17) is 9.47 Å². The molecule has 23 heavy (non-hydrogen) atoms. The maximum atomic E-state index is 12.6. The lowest BCUT2D eigenvalue weighted by Crippen LogP contribution is -2.16. The Morgan fingerprint density at radius 2 is 1.74 bits per heavy atom. The number of hydrogen-bond donors (Lipinski definition) is 1. The van der Waals surface area contributed by atoms with Crippen molar-refractivity contribution >= 4 is 17.4 Å². The predicted molar refractivity (Wildman–Crippen MR) is 86.4 cm³/mol. The minimum Gasteiger partial charge on any atom is -0.454 e. The van der Waals surface area contributed by atoms with E-state index in [2.05, 4.69) is 5.32 Å². The average molecular weight is 311 g/mol. The van der Waals surface area contributed by atoms with Gasteiger partial charge in [-0.1, -0.05) is 12.1 Å². The molecule has 2 aromatic rings. The van der Waals surface area contributed by atoms with E-state index >= 15 is 0 Å². The van der Waals surface area contributed by atoms with Crippen molar-refractivity contribution in [2.75, 3.05) is 12.1 Å². The van der Waals surface area contributed by atoms with Crippen molar-refractivity contribution < 1.29 is 19.1 Å². The fourth-order valence-electron chi connectivity index (χ4n) is 2.52. The molecule has 5 heteroatoms. The van der Waals surface area contributed by atoms with Crippen LogP contribution in [0.5, 0.6) is 11.5 Å². The fourth-order valence-corrected chi connectivity index (χ4v) is 2.52. The first kappa shape index (κ1) is 15.1. The number of Topliss-reactive ketones (excluding diaryl/α,β-unsaturated/α-hetero) is 1. The van der Waals surface area contributed by atoms with Crippen LogP contribution < -0.4 is 14.8 Å². The number of carbonyl (C=O) groups excluding carboxylic acids is 2. The molecule has 0 aromatic heterocycles. The third kappa shape index (κ3) is 2.77. The number of ether oxygens (including phenoxy) is 2. The van der Waals surface area contributed by atoms with Gasteiger partial charge in [0.2, 0.25) is 6.79 Å². The molecule has 1 aliphatic rings. The molecule has 0 unspecified atom stereocenters. The first-order valence-electron chi connectivity index (χ1n) is 7.29. The molecule has 0 fully saturated rings. The van der Waals surface area contributed by atoms with Crippen LogP contribution in [0.25, 0.3) is 0 Å². The van der Waals surface area contributed by atoms with E-state index in [-0.39, 0.29) is 18.5 Å². The van der Waals surface area contributed by atoms with Crippen LogP contribution in [0.4, 0.5) is 5.69 Å². The second-order valence-corrected chi connectivity index (χ2v) is 5.51. The Kier molecular flexibility index (Phi) is 3.78. The van der Waals surface area contributed by atoms with Crippen LogP contribution in [0.3, 0.4) is 0 Å². The quantitative estimate of drug-likeness (QED) is 0.881. The van der Waals surface area contributed by atoms with Crippen molar-refractivity contribution in [3.63, 3.8) is 0 Å². The summed E-state index contributed by atoms with van der Waals surface area (Å²) in [6.07, 6.45) is 0. The molecular weight excluding hydrogens is 294 g/mol. The van der Waals surface area contributed by atoms with E-state index in [1.807, 2.05) is 26.0 Å². The van der Waals surface area contributed by atoms with Crippen molar-refractivity contribution in [2.24, 2.45) is 0 Å². The highest BCUT2D eigenvalue weighted by Gasteiger charge is 2.21. The lowest BCUT2D eigenvalue weighted by molar-refractivity contribution is 0.101. The number of fused-ring (bicyclic) bond motifs is 1. The Hall–Kier alpha value is -2.82. The van der Waals surface area contributed by atoms with Crippen LogP contribution in [0.2, 0.25) is 0 Å². The van der Waals surface area contributed by atoms with Crippen LogP contribution >= 0.6 is 0 Å². The molecular formula is C18H17NO4. The molecule has 0 radical (unpaired) electrons. The van der Waals surface area contributed by atoms with Gasteiger partial charge in [0, 0.05) is 17.2 Å². The molecule has 3 rings (SSSR count). The highest BCUT2D eigenvalue weighted by molar-refractivity contribution is 6.10. The van der Waals surface area contributed by atoms with E-state index in [0.717, 1.165) is 11.1 Å². The summed E-state index contributed by atoms with van der Waals surface area (Å²) in [4.78, 5) is 24.4. The summed E-state index contributed by atoms with van der Waals surface area (Å²) in [6.45, 7) is 5.41. The normalized spacial score (nSPS) is 12.1. The molecule has 0 saturated carbocycles. The number of amides is 1. The van der Waals surface area contributed by atoms with Crippen molar-refractivity contribution in [2.45, 2.75) is 20.8 Å². The summed E-state index contributed by atoms with van der Waals surface area (Å²) in [7, 11) is 0. The molecule has 0 spiro atoms. The van der Waals surface area contributed by atoms with Crippen molar-refractivity contribution in [3.05, 3.63) is 52.6 Å². The SMILES string of the molecule is CC(=O)c1cc2c(cc1NC(=O)c1cccc(C)c1C)OCO2. The fraction of sp³-hybridized carbons (Fsp3) is 0.222. The molecule has 1 heterocycles. The van der Waals surface area contributed by atoms with Gasteiger partial charge in [0.05, 0.1) is 5.69 Å². The first-order chi connectivity index (χ1) is 11.0. The smallest absolute Gasteiger partial charge is 0.255 e. The zero-order valence-electron chi connectivity index (χ0n) is 13.2. The minimum atomic E-state index is -0.257. The number of benzene rings is 2. The van der Waals surface area contributed by atoms with E-state index in [9.17, 15) is 9.59 Å². The summed E-state index contributed by atoms with van der Waals surface area (Å²) in [5.41, 5.74) is 3.35. The van der Waals surface area contributed by atoms with Gasteiger partial charge in [0.15, 0.2) is 17.3 Å². The van der Waals surface area contributed by atoms with E-state index < -0.39 is 0 Å². The number of rotatable bonds is 3. The van der Waals surface area contributed by atoms with Gasteiger partial charge in [-0.25, -0.2) is 0 Å². The number of carbonyl (C=O) groups is 2. The van der Waals surface area contributed by atoms with Gasteiger partial charge in [-0.3, -0.25) is 9.59 Å². The molecule has 1 N–H and O–H groups in total. The summed E-state index contributed by atoms with van der Waals surface area (Å²) in [6, 6.07) is 8.78. The number of ketones is 1. The molecule has 0 bridgehead atoms. The molecule has 5 nitrogen and oxygen atoms in total. The molecule has 0 atom stereocenters. The zero-order valence-corrected chi connectivity index (χ0v) is 13.2. The average Bonchev–Trinajstić information content (AvgIpc) is 2.96. The van der Waals surface area contributed by atoms with E-state index in [1.165, 1.54) is 6.92 Å². The van der Waals surface area contributed by atoms with Gasteiger partial charge in [-0.2, -0.15) is 0 Å². The molecule has 2 aromatic carbocycles. The molecule has 0 saturated heterocycles. The van der Waals surface area contributed by atoms with Crippen LogP contribution in [0, 0.1) is 13.8 Å². The third-order valence-electron chi connectivity index (χ3n) is 3.99. The maximum absolute atomic E-state index is 12.6. The monoisotopic (exact) mass is 311 g/mol. The second-order valence-electron chi connectivity index (χ2n) is 5.51. The van der Waals surface area contributed by atoms with Crippen molar-refractivity contribution in [3.8, 4) is 11.5 Å². The highest BCUT2D eigenvalue weighted by Crippen LogP contribution is 2.37. The van der Waals surface area contributed by atoms with Crippen LogP contribution in [-0.2, 0) is 0 Å². The van der Waals surface area contributed by atoms with Gasteiger partial charge >= 0.3 is 0 Å². The third-order valence-corrected chi connectivity index (χ3v) is 3.99. The van der Waals surface area contributed by atoms with E-state index in [0.29, 0.717) is 28.3 Å². The zero-order chi connectivity index (χ0) is 16.6. The van der Waals surface area contributed by atoms with Crippen LogP contribution in [0.1, 0.15) is 38.8 Å². The number of nitrogens with one attached hydrogen (secondary N) is 1. The van der Waals surface area contributed by atoms with Gasteiger partial charge in [-0.05, 0) is 44.0 Å². The second kappa shape index (κ2) is 5.76. The number of aryl methyl sites for hydroxylation is 1. The van der Waals surface area contributed by atoms with Gasteiger partial charge in [0.1, 0.15) is 0 Å². The first-order valence-corrected chi connectivity index (χ1v) is 7.29. The van der Waals surface area contributed by atoms with Gasteiger partial charge in [0.25, 0.3) is 5.91 Å². The maximum Gasteiger partial charge on any atom is 0.255 e. The molecule has 118 valence electrons. The Morgan fingerprint density at radius 3 is 2.43 bits per heavy atom. The predicted octanol–water partition coefficient (Wildman–Crippen LogP) is 3.49. The Bertz CT molecular complexity index is 811. The molecule has 0 aliphatic carbocycles. The largest absolute Gasteiger partial charge is 0.454 e. The topological polar surface area (TPSA) is 64.6 Å². The lowest BCUT2D eigenvalue weighted by atomic mass is 10.0. The summed E-state index contributed by atoms with van der Waals surface area (Å²) in [5.74, 6) is 0.623. The van der Waals surface area contributed by atoms with Gasteiger partial charge in [-0.15, -0.1) is 0 Å². The highest BCUT2D eigenvalue weighted by atomic mass is 16.7. The Balaban J connectivity index is 1.98. The van der Waals surface area contributed by atoms with Crippen LogP contribution in [-0.4, -0.2) is 18.5 Å². The standard InChI is InChI=1S/C18H17NO4/c1-10-5-4-6-13(11(10)2)18(21)19-15-8-17-16(22-9-23-17)7-14(15)12(3)20/h4-8H,9H2,1-3H3,(H,19,21). The Labute approximate surface area is 134 Å². The van der Waals surface area contributed by atoms with Crippen molar-refractivity contribution in [1.29, 1.82) is 0 Å². The summed E-state index contributed by atoms with van der Waals surface area (Å²) >= 11 is 0. The molecule has 1 amide bonds. The molecule has 1 aliphatic heterocycles. The van der Waals surface area contributed by atoms with Crippen molar-refractivity contribution in [1.82, 2.24) is 0 Å². The van der Waals surface area contributed by atoms with Crippen LogP contribution in [0.15, 0.2) is 30.3 Å². The lowest BCUT2D eigenvalue weighted by Gasteiger charge is -2.12. The van der Waals surface area contributed by atoms with E-state index in [1.54, 1.807) is 18.2 Å². The number of hydrogen-bond acceptors (Lipinski definition) is 4. The van der Waals surface area contributed by atoms with Gasteiger partial charge < -0.3 is 14.8 Å². The minimum absolute atomic E-state index is 0.112. The summed E-state index contributed by atoms with van der Waals surface area (Å²) < 4.78 is 10.6. The number of anilines is 1.